The second kappa shape index (κ2) is 7.03. The van der Waals surface area contributed by atoms with E-state index in [-0.39, 0.29) is 6.04 Å². The van der Waals surface area contributed by atoms with Crippen molar-refractivity contribution in [2.45, 2.75) is 39.2 Å². The number of aromatic nitrogens is 1. The van der Waals surface area contributed by atoms with Crippen LogP contribution in [0, 0.1) is 12.3 Å². The minimum absolute atomic E-state index is 0.267. The molecule has 0 saturated heterocycles. The van der Waals surface area contributed by atoms with E-state index in [1.165, 1.54) is 11.1 Å². The van der Waals surface area contributed by atoms with Crippen molar-refractivity contribution in [1.29, 1.82) is 0 Å². The molecule has 0 fully saturated rings. The Morgan fingerprint density at radius 3 is 2.94 bits per heavy atom. The van der Waals surface area contributed by atoms with Crippen LogP contribution in [0.2, 0.25) is 0 Å². The SMILES string of the molecule is C#CCC(NCCC)c1ccncc1CC. The van der Waals surface area contributed by atoms with Crippen LogP contribution in [0.5, 0.6) is 0 Å². The number of rotatable bonds is 6. The number of hydrogen-bond donors (Lipinski definition) is 1. The number of pyridine rings is 1. The van der Waals surface area contributed by atoms with Gasteiger partial charge in [-0.05, 0) is 36.6 Å². The Balaban J connectivity index is 2.87. The summed E-state index contributed by atoms with van der Waals surface area (Å²) in [5.74, 6) is 2.74. The van der Waals surface area contributed by atoms with E-state index in [0.717, 1.165) is 25.8 Å². The molecule has 0 spiro atoms. The second-order valence-corrected chi connectivity index (χ2v) is 3.84. The largest absolute Gasteiger partial charge is 0.309 e. The van der Waals surface area contributed by atoms with Crippen LogP contribution in [0.4, 0.5) is 0 Å². The van der Waals surface area contributed by atoms with Crippen molar-refractivity contribution in [3.05, 3.63) is 29.6 Å². The van der Waals surface area contributed by atoms with Crippen LogP contribution in [-0.4, -0.2) is 11.5 Å². The van der Waals surface area contributed by atoms with Gasteiger partial charge in [-0.25, -0.2) is 0 Å². The predicted molar refractivity (Wildman–Crippen MR) is 68.1 cm³/mol. The van der Waals surface area contributed by atoms with Crippen molar-refractivity contribution in [3.8, 4) is 12.3 Å². The molecule has 2 nitrogen and oxygen atoms in total. The smallest absolute Gasteiger partial charge is 0.0434 e. The third-order valence-electron chi connectivity index (χ3n) is 2.66. The number of terminal acetylenes is 1. The Kier molecular flexibility index (Phi) is 5.60. The molecule has 1 atom stereocenters. The third-order valence-corrected chi connectivity index (χ3v) is 2.66. The molecule has 1 aromatic heterocycles. The first-order valence-electron chi connectivity index (χ1n) is 5.93. The highest BCUT2D eigenvalue weighted by Crippen LogP contribution is 2.20. The van der Waals surface area contributed by atoms with Crippen molar-refractivity contribution >= 4 is 0 Å². The average molecular weight is 216 g/mol. The number of nitrogens with one attached hydrogen (secondary N) is 1. The van der Waals surface area contributed by atoms with E-state index in [9.17, 15) is 0 Å². The topological polar surface area (TPSA) is 24.9 Å². The minimum Gasteiger partial charge on any atom is -0.309 e. The van der Waals surface area contributed by atoms with Crippen LogP contribution in [0.3, 0.4) is 0 Å². The first kappa shape index (κ1) is 12.7. The predicted octanol–water partition coefficient (Wildman–Crippen LogP) is 2.71. The van der Waals surface area contributed by atoms with Crippen LogP contribution < -0.4 is 5.32 Å². The normalized spacial score (nSPS) is 12.1. The van der Waals surface area contributed by atoms with Gasteiger partial charge >= 0.3 is 0 Å². The summed E-state index contributed by atoms with van der Waals surface area (Å²) >= 11 is 0. The summed E-state index contributed by atoms with van der Waals surface area (Å²) in [7, 11) is 0. The van der Waals surface area contributed by atoms with E-state index in [1.807, 2.05) is 12.4 Å². The molecule has 0 amide bonds. The summed E-state index contributed by atoms with van der Waals surface area (Å²) < 4.78 is 0. The summed E-state index contributed by atoms with van der Waals surface area (Å²) in [6, 6.07) is 2.34. The Labute approximate surface area is 98.5 Å². The van der Waals surface area contributed by atoms with Gasteiger partial charge in [0.15, 0.2) is 0 Å². The molecule has 0 aromatic carbocycles. The molecule has 2 heteroatoms. The maximum absolute atomic E-state index is 5.42. The van der Waals surface area contributed by atoms with Gasteiger partial charge < -0.3 is 5.32 Å². The van der Waals surface area contributed by atoms with Gasteiger partial charge in [0.2, 0.25) is 0 Å². The highest BCUT2D eigenvalue weighted by atomic mass is 14.9. The fraction of sp³-hybridized carbons (Fsp3) is 0.500. The first-order valence-corrected chi connectivity index (χ1v) is 5.93. The van der Waals surface area contributed by atoms with Crippen molar-refractivity contribution in [3.63, 3.8) is 0 Å². The lowest BCUT2D eigenvalue weighted by molar-refractivity contribution is 0.538. The monoisotopic (exact) mass is 216 g/mol. The van der Waals surface area contributed by atoms with E-state index >= 15 is 0 Å². The lowest BCUT2D eigenvalue weighted by Crippen LogP contribution is -2.22. The van der Waals surface area contributed by atoms with E-state index in [1.54, 1.807) is 0 Å². The summed E-state index contributed by atoms with van der Waals surface area (Å²) in [5, 5.41) is 3.49. The van der Waals surface area contributed by atoms with Gasteiger partial charge in [-0.3, -0.25) is 4.98 Å². The van der Waals surface area contributed by atoms with E-state index in [4.69, 9.17) is 6.42 Å². The van der Waals surface area contributed by atoms with Crippen LogP contribution >= 0.6 is 0 Å². The molecule has 0 aliphatic carbocycles. The Morgan fingerprint density at radius 2 is 2.31 bits per heavy atom. The molecule has 0 aliphatic rings. The summed E-state index contributed by atoms with van der Waals surface area (Å²) in [5.41, 5.74) is 2.58. The van der Waals surface area contributed by atoms with Crippen molar-refractivity contribution in [2.75, 3.05) is 6.54 Å². The average Bonchev–Trinajstić information content (AvgIpc) is 2.34. The molecule has 1 rings (SSSR count). The molecular weight excluding hydrogens is 196 g/mol. The quantitative estimate of drug-likeness (QED) is 0.740. The van der Waals surface area contributed by atoms with Gasteiger partial charge in [-0.15, -0.1) is 12.3 Å². The molecular formula is C14H20N2. The molecule has 1 aromatic rings. The highest BCUT2D eigenvalue weighted by molar-refractivity contribution is 5.27. The molecule has 86 valence electrons. The molecule has 1 unspecified atom stereocenters. The first-order chi connectivity index (χ1) is 7.83. The van der Waals surface area contributed by atoms with Crippen LogP contribution in [-0.2, 0) is 6.42 Å². The summed E-state index contributed by atoms with van der Waals surface area (Å²) in [4.78, 5) is 4.16. The lowest BCUT2D eigenvalue weighted by Gasteiger charge is -2.19. The fourth-order valence-electron chi connectivity index (χ4n) is 1.80. The van der Waals surface area contributed by atoms with Gasteiger partial charge in [-0.1, -0.05) is 13.8 Å². The fourth-order valence-corrected chi connectivity index (χ4v) is 1.80. The van der Waals surface area contributed by atoms with E-state index < -0.39 is 0 Å². The molecule has 0 saturated carbocycles. The Hall–Kier alpha value is -1.33. The van der Waals surface area contributed by atoms with Gasteiger partial charge in [0.1, 0.15) is 0 Å². The molecule has 1 N–H and O–H groups in total. The van der Waals surface area contributed by atoms with E-state index in [0.29, 0.717) is 0 Å². The van der Waals surface area contributed by atoms with Crippen LogP contribution in [0.15, 0.2) is 18.5 Å². The van der Waals surface area contributed by atoms with E-state index in [2.05, 4.69) is 36.1 Å². The second-order valence-electron chi connectivity index (χ2n) is 3.84. The Bertz CT molecular complexity index is 352. The van der Waals surface area contributed by atoms with Crippen molar-refractivity contribution < 1.29 is 0 Å². The molecule has 0 radical (unpaired) electrons. The summed E-state index contributed by atoms with van der Waals surface area (Å²) in [6.45, 7) is 5.30. The zero-order valence-corrected chi connectivity index (χ0v) is 10.2. The molecule has 0 bridgehead atoms. The van der Waals surface area contributed by atoms with Gasteiger partial charge in [0.05, 0.1) is 0 Å². The standard InChI is InChI=1S/C14H20N2/c1-4-7-14(16-9-5-2)13-8-10-15-11-12(13)6-3/h1,8,10-11,14,16H,5-7,9H2,2-3H3. The maximum atomic E-state index is 5.42. The van der Waals surface area contributed by atoms with Gasteiger partial charge in [-0.2, -0.15) is 0 Å². The number of aryl methyl sites for hydroxylation is 1. The van der Waals surface area contributed by atoms with Gasteiger partial charge in [0, 0.05) is 24.9 Å². The lowest BCUT2D eigenvalue weighted by atomic mass is 9.98. The van der Waals surface area contributed by atoms with Crippen molar-refractivity contribution in [1.82, 2.24) is 10.3 Å². The maximum Gasteiger partial charge on any atom is 0.0434 e. The number of nitrogens with zero attached hydrogens (tertiary/aromatic N) is 1. The third kappa shape index (κ3) is 3.36. The minimum atomic E-state index is 0.267. The zero-order chi connectivity index (χ0) is 11.8. The Morgan fingerprint density at radius 1 is 1.50 bits per heavy atom. The highest BCUT2D eigenvalue weighted by Gasteiger charge is 2.12. The van der Waals surface area contributed by atoms with Gasteiger partial charge in [0.25, 0.3) is 0 Å². The van der Waals surface area contributed by atoms with Crippen LogP contribution in [0.25, 0.3) is 0 Å². The molecule has 16 heavy (non-hydrogen) atoms. The number of hydrogen-bond acceptors (Lipinski definition) is 2. The van der Waals surface area contributed by atoms with Crippen LogP contribution in [0.1, 0.15) is 43.9 Å². The van der Waals surface area contributed by atoms with Crippen molar-refractivity contribution in [2.24, 2.45) is 0 Å². The summed E-state index contributed by atoms with van der Waals surface area (Å²) in [6.07, 6.45) is 12.1. The zero-order valence-electron chi connectivity index (χ0n) is 10.2. The molecule has 1 heterocycles. The molecule has 0 aliphatic heterocycles.